The molecular formula is C27H29N5. The highest BCUT2D eigenvalue weighted by Crippen LogP contribution is 2.38. The maximum atomic E-state index is 8.68. The Bertz CT molecular complexity index is 1280. The standard InChI is InChI=1S/C27H29N5/c1-17-7-9-21(10-8-17)26-23(18(2)28)25(24-19(3)30-31-27(24)29-26)20-11-13-22(14-12-20)32-15-5-4-6-16-32/h7-14,28H,4-6,15-16H2,1-3H3,(H,29,30,31). The van der Waals surface area contributed by atoms with Gasteiger partial charge in [0.15, 0.2) is 5.65 Å². The molecule has 0 atom stereocenters. The molecule has 0 aliphatic carbocycles. The minimum Gasteiger partial charge on any atom is -0.372 e. The summed E-state index contributed by atoms with van der Waals surface area (Å²) in [5.41, 5.74) is 9.47. The first kappa shape index (κ1) is 20.4. The van der Waals surface area contributed by atoms with Gasteiger partial charge in [-0.1, -0.05) is 42.0 Å². The van der Waals surface area contributed by atoms with E-state index in [1.807, 2.05) is 13.8 Å². The average Bonchev–Trinajstić information content (AvgIpc) is 3.19. The third-order valence-corrected chi connectivity index (χ3v) is 6.46. The van der Waals surface area contributed by atoms with Crippen LogP contribution in [-0.4, -0.2) is 34.0 Å². The van der Waals surface area contributed by atoms with E-state index in [9.17, 15) is 0 Å². The van der Waals surface area contributed by atoms with Gasteiger partial charge in [0.25, 0.3) is 0 Å². The summed E-state index contributed by atoms with van der Waals surface area (Å²) in [5.74, 6) is 0. The SMILES string of the molecule is CC(=N)c1c(-c2ccc(C)cc2)nc2n[nH]c(C)c2c1-c1ccc(N2CCCCC2)cc1. The van der Waals surface area contributed by atoms with Gasteiger partial charge in [-0.3, -0.25) is 5.10 Å². The van der Waals surface area contributed by atoms with Gasteiger partial charge in [-0.05, 0) is 57.7 Å². The van der Waals surface area contributed by atoms with Crippen molar-refractivity contribution in [2.45, 2.75) is 40.0 Å². The molecule has 1 saturated heterocycles. The number of nitrogens with zero attached hydrogens (tertiary/aromatic N) is 3. The maximum absolute atomic E-state index is 8.68. The Balaban J connectivity index is 1.72. The zero-order chi connectivity index (χ0) is 22.2. The molecule has 1 aliphatic rings. The molecule has 0 spiro atoms. The molecule has 162 valence electrons. The highest BCUT2D eigenvalue weighted by molar-refractivity contribution is 6.14. The van der Waals surface area contributed by atoms with Crippen LogP contribution < -0.4 is 4.90 Å². The molecule has 2 aromatic carbocycles. The molecule has 4 aromatic rings. The van der Waals surface area contributed by atoms with Crippen molar-refractivity contribution in [3.8, 4) is 22.4 Å². The van der Waals surface area contributed by atoms with E-state index in [1.54, 1.807) is 0 Å². The molecule has 0 radical (unpaired) electrons. The summed E-state index contributed by atoms with van der Waals surface area (Å²) in [6.07, 6.45) is 3.85. The van der Waals surface area contributed by atoms with Crippen molar-refractivity contribution in [3.05, 3.63) is 65.4 Å². The first-order valence-electron chi connectivity index (χ1n) is 11.4. The minimum atomic E-state index is 0.505. The molecule has 5 rings (SSSR count). The second kappa shape index (κ2) is 8.23. The first-order chi connectivity index (χ1) is 15.5. The van der Waals surface area contributed by atoms with Crippen LogP contribution >= 0.6 is 0 Å². The predicted octanol–water partition coefficient (Wildman–Crippen LogP) is 6.29. The minimum absolute atomic E-state index is 0.505. The third kappa shape index (κ3) is 3.58. The Labute approximate surface area is 189 Å². The van der Waals surface area contributed by atoms with Crippen LogP contribution in [0.3, 0.4) is 0 Å². The van der Waals surface area contributed by atoms with E-state index < -0.39 is 0 Å². The van der Waals surface area contributed by atoms with Gasteiger partial charge in [0.05, 0.1) is 11.1 Å². The molecule has 1 fully saturated rings. The largest absolute Gasteiger partial charge is 0.372 e. The second-order valence-electron chi connectivity index (χ2n) is 8.84. The molecule has 3 heterocycles. The number of H-pyrrole nitrogens is 1. The van der Waals surface area contributed by atoms with Gasteiger partial charge >= 0.3 is 0 Å². The Morgan fingerprint density at radius 2 is 1.56 bits per heavy atom. The van der Waals surface area contributed by atoms with E-state index in [-0.39, 0.29) is 0 Å². The normalized spacial score (nSPS) is 14.2. The number of piperidine rings is 1. The highest BCUT2D eigenvalue weighted by atomic mass is 15.1. The van der Waals surface area contributed by atoms with Gasteiger partial charge < -0.3 is 10.3 Å². The number of aryl methyl sites for hydroxylation is 2. The number of fused-ring (bicyclic) bond motifs is 1. The Morgan fingerprint density at radius 1 is 0.906 bits per heavy atom. The van der Waals surface area contributed by atoms with Gasteiger partial charge in [0.1, 0.15) is 0 Å². The molecule has 1 aliphatic heterocycles. The smallest absolute Gasteiger partial charge is 0.182 e. The second-order valence-corrected chi connectivity index (χ2v) is 8.84. The van der Waals surface area contributed by atoms with Gasteiger partial charge in [0, 0.05) is 46.9 Å². The van der Waals surface area contributed by atoms with Crippen LogP contribution in [0.15, 0.2) is 48.5 Å². The van der Waals surface area contributed by atoms with Crippen LogP contribution in [0.4, 0.5) is 5.69 Å². The summed E-state index contributed by atoms with van der Waals surface area (Å²) >= 11 is 0. The predicted molar refractivity (Wildman–Crippen MR) is 133 cm³/mol. The van der Waals surface area contributed by atoms with E-state index in [2.05, 4.69) is 70.6 Å². The van der Waals surface area contributed by atoms with E-state index in [1.165, 1.54) is 30.5 Å². The molecule has 0 saturated carbocycles. The number of aromatic amines is 1. The number of pyridine rings is 1. The molecule has 0 unspecified atom stereocenters. The zero-order valence-corrected chi connectivity index (χ0v) is 19.0. The molecule has 2 aromatic heterocycles. The first-order valence-corrected chi connectivity index (χ1v) is 11.4. The summed E-state index contributed by atoms with van der Waals surface area (Å²) in [6, 6.07) is 17.2. The van der Waals surface area contributed by atoms with Crippen LogP contribution in [0.25, 0.3) is 33.4 Å². The lowest BCUT2D eigenvalue weighted by Gasteiger charge is -2.29. The zero-order valence-electron chi connectivity index (χ0n) is 19.0. The number of rotatable bonds is 4. The third-order valence-electron chi connectivity index (χ3n) is 6.46. The van der Waals surface area contributed by atoms with Gasteiger partial charge in [0.2, 0.25) is 0 Å². The Kier molecular flexibility index (Phi) is 5.25. The lowest BCUT2D eigenvalue weighted by atomic mass is 9.90. The van der Waals surface area contributed by atoms with Gasteiger partial charge in [-0.15, -0.1) is 0 Å². The summed E-state index contributed by atoms with van der Waals surface area (Å²) < 4.78 is 0. The fourth-order valence-electron chi connectivity index (χ4n) is 4.77. The number of aromatic nitrogens is 3. The molecule has 32 heavy (non-hydrogen) atoms. The molecule has 0 amide bonds. The van der Waals surface area contributed by atoms with E-state index in [0.717, 1.165) is 52.1 Å². The van der Waals surface area contributed by atoms with Crippen LogP contribution in [0.2, 0.25) is 0 Å². The van der Waals surface area contributed by atoms with Crippen molar-refractivity contribution < 1.29 is 0 Å². The lowest BCUT2D eigenvalue weighted by molar-refractivity contribution is 0.578. The summed E-state index contributed by atoms with van der Waals surface area (Å²) in [4.78, 5) is 7.37. The Morgan fingerprint density at radius 3 is 2.22 bits per heavy atom. The van der Waals surface area contributed by atoms with E-state index in [0.29, 0.717) is 11.4 Å². The van der Waals surface area contributed by atoms with Crippen LogP contribution in [0.1, 0.15) is 43.0 Å². The summed E-state index contributed by atoms with van der Waals surface area (Å²) in [6.45, 7) is 8.21. The van der Waals surface area contributed by atoms with Crippen LogP contribution in [-0.2, 0) is 0 Å². The monoisotopic (exact) mass is 423 g/mol. The van der Waals surface area contributed by atoms with Crippen molar-refractivity contribution in [1.29, 1.82) is 5.41 Å². The molecule has 0 bridgehead atoms. The molecule has 5 heteroatoms. The molecular weight excluding hydrogens is 394 g/mol. The summed E-state index contributed by atoms with van der Waals surface area (Å²) in [5, 5.41) is 17.3. The topological polar surface area (TPSA) is 68.7 Å². The van der Waals surface area contributed by atoms with Crippen molar-refractivity contribution >= 4 is 22.4 Å². The number of hydrogen-bond acceptors (Lipinski definition) is 4. The van der Waals surface area contributed by atoms with Crippen molar-refractivity contribution in [2.75, 3.05) is 18.0 Å². The molecule has 2 N–H and O–H groups in total. The Hall–Kier alpha value is -3.47. The highest BCUT2D eigenvalue weighted by Gasteiger charge is 2.22. The van der Waals surface area contributed by atoms with Crippen LogP contribution in [0, 0.1) is 19.3 Å². The summed E-state index contributed by atoms with van der Waals surface area (Å²) in [7, 11) is 0. The number of anilines is 1. The van der Waals surface area contributed by atoms with Gasteiger partial charge in [-0.25, -0.2) is 4.98 Å². The average molecular weight is 424 g/mol. The fourth-order valence-corrected chi connectivity index (χ4v) is 4.77. The lowest BCUT2D eigenvalue weighted by Crippen LogP contribution is -2.29. The quantitative estimate of drug-likeness (QED) is 0.379. The van der Waals surface area contributed by atoms with Crippen molar-refractivity contribution in [1.82, 2.24) is 15.2 Å². The van der Waals surface area contributed by atoms with Crippen LogP contribution in [0.5, 0.6) is 0 Å². The van der Waals surface area contributed by atoms with Gasteiger partial charge in [-0.2, -0.15) is 5.10 Å². The maximum Gasteiger partial charge on any atom is 0.182 e. The number of nitrogens with one attached hydrogen (secondary N) is 2. The number of hydrogen-bond donors (Lipinski definition) is 2. The number of benzene rings is 2. The van der Waals surface area contributed by atoms with E-state index in [4.69, 9.17) is 10.4 Å². The fraction of sp³-hybridized carbons (Fsp3) is 0.296. The molecule has 5 nitrogen and oxygen atoms in total. The van der Waals surface area contributed by atoms with Crippen molar-refractivity contribution in [2.24, 2.45) is 0 Å². The van der Waals surface area contributed by atoms with Crippen molar-refractivity contribution in [3.63, 3.8) is 0 Å². The van der Waals surface area contributed by atoms with E-state index >= 15 is 0 Å².